The zero-order chi connectivity index (χ0) is 14.9. The third-order valence-corrected chi connectivity index (χ3v) is 4.78. The van der Waals surface area contributed by atoms with E-state index in [1.807, 2.05) is 6.07 Å². The number of benzene rings is 1. The van der Waals surface area contributed by atoms with Crippen LogP contribution < -0.4 is 10.0 Å². The van der Waals surface area contributed by atoms with Gasteiger partial charge in [0.15, 0.2) is 5.82 Å². The van der Waals surface area contributed by atoms with Crippen LogP contribution in [0.3, 0.4) is 0 Å². The summed E-state index contributed by atoms with van der Waals surface area (Å²) in [4.78, 5) is 4.31. The highest BCUT2D eigenvalue weighted by Gasteiger charge is 2.18. The number of hydrogen-bond donors (Lipinski definition) is 2. The Morgan fingerprint density at radius 3 is 2.90 bits per heavy atom. The molecule has 0 amide bonds. The largest absolute Gasteiger partial charge is 0.339 e. The molecule has 8 heteroatoms. The summed E-state index contributed by atoms with van der Waals surface area (Å²) in [6, 6.07) is 5.20. The third-order valence-electron chi connectivity index (χ3n) is 3.32. The molecule has 1 aliphatic rings. The van der Waals surface area contributed by atoms with Gasteiger partial charge in [-0.25, -0.2) is 13.1 Å². The van der Waals surface area contributed by atoms with E-state index in [-0.39, 0.29) is 11.4 Å². The van der Waals surface area contributed by atoms with E-state index in [0.29, 0.717) is 24.7 Å². The van der Waals surface area contributed by atoms with Crippen molar-refractivity contribution < 1.29 is 12.9 Å². The van der Waals surface area contributed by atoms with Gasteiger partial charge in [0, 0.05) is 26.1 Å². The van der Waals surface area contributed by atoms with Crippen LogP contribution in [0.1, 0.15) is 22.8 Å². The number of fused-ring (bicyclic) bond motifs is 1. The number of sulfonamides is 1. The lowest BCUT2D eigenvalue weighted by Gasteiger charge is -2.07. The van der Waals surface area contributed by atoms with Crippen LogP contribution in [0.15, 0.2) is 27.6 Å². The Bertz CT molecular complexity index is 755. The Morgan fingerprint density at radius 1 is 1.33 bits per heavy atom. The van der Waals surface area contributed by atoms with Crippen molar-refractivity contribution in [2.45, 2.75) is 31.3 Å². The normalized spacial score (nSPS) is 14.3. The molecule has 0 unspecified atom stereocenters. The average Bonchev–Trinajstić information content (AvgIpc) is 3.06. The van der Waals surface area contributed by atoms with Crippen molar-refractivity contribution in [1.29, 1.82) is 0 Å². The first-order valence-electron chi connectivity index (χ1n) is 6.66. The van der Waals surface area contributed by atoms with Crippen molar-refractivity contribution in [1.82, 2.24) is 20.2 Å². The molecule has 7 nitrogen and oxygen atoms in total. The first-order valence-corrected chi connectivity index (χ1v) is 8.14. The number of aryl methyl sites for hydroxylation is 1. The van der Waals surface area contributed by atoms with Gasteiger partial charge in [-0.15, -0.1) is 0 Å². The van der Waals surface area contributed by atoms with Gasteiger partial charge in [-0.2, -0.15) is 4.98 Å². The number of aromatic nitrogens is 2. The van der Waals surface area contributed by atoms with Crippen molar-refractivity contribution in [2.75, 3.05) is 6.54 Å². The summed E-state index contributed by atoms with van der Waals surface area (Å²) in [5, 5.41) is 6.85. The summed E-state index contributed by atoms with van der Waals surface area (Å²) >= 11 is 0. The van der Waals surface area contributed by atoms with E-state index in [1.165, 1.54) is 0 Å². The Balaban J connectivity index is 1.66. The van der Waals surface area contributed by atoms with E-state index in [0.717, 1.165) is 17.7 Å². The summed E-state index contributed by atoms with van der Waals surface area (Å²) < 4.78 is 31.9. The second-order valence-electron chi connectivity index (χ2n) is 4.92. The molecule has 1 aromatic heterocycles. The van der Waals surface area contributed by atoms with Crippen LogP contribution in [0.25, 0.3) is 0 Å². The molecule has 2 N–H and O–H groups in total. The molecule has 112 valence electrons. The summed E-state index contributed by atoms with van der Waals surface area (Å²) in [5.74, 6) is 0.965. The fraction of sp³-hybridized carbons (Fsp3) is 0.385. The molecule has 0 atom stereocenters. The monoisotopic (exact) mass is 308 g/mol. The second kappa shape index (κ2) is 5.55. The van der Waals surface area contributed by atoms with Crippen LogP contribution in [0.4, 0.5) is 0 Å². The lowest BCUT2D eigenvalue weighted by molar-refractivity contribution is 0.375. The summed E-state index contributed by atoms with van der Waals surface area (Å²) in [5.41, 5.74) is 2.18. The fourth-order valence-electron chi connectivity index (χ4n) is 2.26. The highest BCUT2D eigenvalue weighted by molar-refractivity contribution is 7.89. The van der Waals surface area contributed by atoms with Gasteiger partial charge in [0.2, 0.25) is 15.9 Å². The molecule has 3 rings (SSSR count). The minimum atomic E-state index is -3.51. The fourth-order valence-corrected chi connectivity index (χ4v) is 3.34. The maximum absolute atomic E-state index is 12.2. The lowest BCUT2D eigenvalue weighted by Crippen LogP contribution is -2.26. The SMILES string of the molecule is Cc1noc(CCNS(=O)(=O)c2ccc3c(c2)CNC3)n1. The number of nitrogens with one attached hydrogen (secondary N) is 2. The zero-order valence-electron chi connectivity index (χ0n) is 11.6. The molecule has 21 heavy (non-hydrogen) atoms. The van der Waals surface area contributed by atoms with Gasteiger partial charge in [-0.3, -0.25) is 0 Å². The smallest absolute Gasteiger partial charge is 0.240 e. The van der Waals surface area contributed by atoms with Crippen LogP contribution >= 0.6 is 0 Å². The van der Waals surface area contributed by atoms with E-state index in [4.69, 9.17) is 4.52 Å². The van der Waals surface area contributed by atoms with Crippen molar-refractivity contribution >= 4 is 10.0 Å². The number of rotatable bonds is 5. The number of nitrogens with zero attached hydrogens (tertiary/aromatic N) is 2. The van der Waals surface area contributed by atoms with E-state index >= 15 is 0 Å². The molecule has 2 heterocycles. The minimum absolute atomic E-state index is 0.222. The molecule has 0 aliphatic carbocycles. The molecular formula is C13H16N4O3S. The summed E-state index contributed by atoms with van der Waals surface area (Å²) in [6.45, 7) is 3.44. The number of hydrogen-bond acceptors (Lipinski definition) is 6. The van der Waals surface area contributed by atoms with Crippen LogP contribution in [0.5, 0.6) is 0 Å². The highest BCUT2D eigenvalue weighted by atomic mass is 32.2. The molecule has 0 fully saturated rings. The Kier molecular flexibility index (Phi) is 3.75. The lowest BCUT2D eigenvalue weighted by atomic mass is 10.1. The molecule has 1 aliphatic heterocycles. The van der Waals surface area contributed by atoms with E-state index in [9.17, 15) is 8.42 Å². The first-order chi connectivity index (χ1) is 10.0. The van der Waals surface area contributed by atoms with Gasteiger partial charge in [-0.1, -0.05) is 11.2 Å². The summed E-state index contributed by atoms with van der Waals surface area (Å²) in [7, 11) is -3.51. The van der Waals surface area contributed by atoms with E-state index < -0.39 is 10.0 Å². The minimum Gasteiger partial charge on any atom is -0.339 e. The molecule has 1 aromatic carbocycles. The zero-order valence-corrected chi connectivity index (χ0v) is 12.4. The van der Waals surface area contributed by atoms with Crippen molar-refractivity contribution in [3.05, 3.63) is 41.0 Å². The van der Waals surface area contributed by atoms with Crippen molar-refractivity contribution in [3.8, 4) is 0 Å². The molecule has 0 saturated heterocycles. The van der Waals surface area contributed by atoms with Gasteiger partial charge in [0.05, 0.1) is 4.90 Å². The molecule has 0 saturated carbocycles. The van der Waals surface area contributed by atoms with Crippen LogP contribution in [0.2, 0.25) is 0 Å². The van der Waals surface area contributed by atoms with Crippen LogP contribution in [-0.2, 0) is 29.5 Å². The van der Waals surface area contributed by atoms with Gasteiger partial charge < -0.3 is 9.84 Å². The Hall–Kier alpha value is -1.77. The highest BCUT2D eigenvalue weighted by Crippen LogP contribution is 2.19. The summed E-state index contributed by atoms with van der Waals surface area (Å²) in [6.07, 6.45) is 0.368. The van der Waals surface area contributed by atoms with Crippen LogP contribution in [-0.4, -0.2) is 25.1 Å². The average molecular weight is 308 g/mol. The van der Waals surface area contributed by atoms with Gasteiger partial charge in [-0.05, 0) is 30.2 Å². The van der Waals surface area contributed by atoms with Crippen molar-refractivity contribution in [2.24, 2.45) is 0 Å². The molecular weight excluding hydrogens is 292 g/mol. The Morgan fingerprint density at radius 2 is 2.14 bits per heavy atom. The third kappa shape index (κ3) is 3.12. The van der Waals surface area contributed by atoms with Gasteiger partial charge >= 0.3 is 0 Å². The molecule has 0 bridgehead atoms. The topological polar surface area (TPSA) is 97.1 Å². The standard InChI is InChI=1S/C13H16N4O3S/c1-9-16-13(20-17-9)4-5-15-21(18,19)12-3-2-10-7-14-8-11(10)6-12/h2-3,6,14-15H,4-5,7-8H2,1H3. The first kappa shape index (κ1) is 14.2. The van der Waals surface area contributed by atoms with Crippen LogP contribution in [0, 0.1) is 6.92 Å². The molecule has 2 aromatic rings. The second-order valence-corrected chi connectivity index (χ2v) is 6.68. The maximum atomic E-state index is 12.2. The quantitative estimate of drug-likeness (QED) is 0.835. The predicted molar refractivity (Wildman–Crippen MR) is 74.9 cm³/mol. The molecule has 0 spiro atoms. The predicted octanol–water partition coefficient (Wildman–Crippen LogP) is 0.502. The van der Waals surface area contributed by atoms with Gasteiger partial charge in [0.1, 0.15) is 0 Å². The van der Waals surface area contributed by atoms with E-state index in [2.05, 4.69) is 20.2 Å². The van der Waals surface area contributed by atoms with Crippen molar-refractivity contribution in [3.63, 3.8) is 0 Å². The Labute approximate surface area is 122 Å². The molecule has 0 radical (unpaired) electrons. The maximum Gasteiger partial charge on any atom is 0.240 e. The van der Waals surface area contributed by atoms with E-state index in [1.54, 1.807) is 19.1 Å². The van der Waals surface area contributed by atoms with Gasteiger partial charge in [0.25, 0.3) is 0 Å².